The lowest BCUT2D eigenvalue weighted by atomic mass is 9.43. The molecule has 4 fully saturated rings. The van der Waals surface area contributed by atoms with Gasteiger partial charge in [-0.1, -0.05) is 154 Å². The van der Waals surface area contributed by atoms with Crippen molar-refractivity contribution in [2.75, 3.05) is 4.81 Å². The molecule has 340 valence electrons. The Hall–Kier alpha value is -6.36. The van der Waals surface area contributed by atoms with Crippen LogP contribution in [-0.4, -0.2) is 11.4 Å². The number of thiophene rings is 1. The molecule has 0 saturated heterocycles. The minimum Gasteiger partial charge on any atom is -0.376 e. The van der Waals surface area contributed by atoms with E-state index in [4.69, 9.17) is 0 Å². The molecule has 16 rings (SSSR count). The van der Waals surface area contributed by atoms with Crippen molar-refractivity contribution in [2.24, 2.45) is 11.8 Å². The first kappa shape index (κ1) is 40.4. The van der Waals surface area contributed by atoms with E-state index in [9.17, 15) is 0 Å². The highest BCUT2D eigenvalue weighted by molar-refractivity contribution is 7.25. The van der Waals surface area contributed by atoms with E-state index in [-0.39, 0.29) is 12.3 Å². The molecule has 4 saturated carbocycles. The Morgan fingerprint density at radius 3 is 1.80 bits per heavy atom. The fraction of sp³-hybridized carbons (Fsp3) is 0.273. The van der Waals surface area contributed by atoms with Crippen LogP contribution in [0, 0.1) is 11.8 Å². The van der Waals surface area contributed by atoms with Gasteiger partial charge in [0.15, 0.2) is 0 Å². The molecule has 0 spiro atoms. The summed E-state index contributed by atoms with van der Waals surface area (Å²) >= 11 is 1.94. The number of hydrogen-bond donors (Lipinski definition) is 0. The summed E-state index contributed by atoms with van der Waals surface area (Å²) in [6.45, 7) is -0.0265. The van der Waals surface area contributed by atoms with Gasteiger partial charge in [-0.2, -0.15) is 0 Å². The van der Waals surface area contributed by atoms with Gasteiger partial charge in [-0.3, -0.25) is 0 Å². The Balaban J connectivity index is 1.03. The van der Waals surface area contributed by atoms with Crippen molar-refractivity contribution in [3.63, 3.8) is 0 Å². The molecule has 4 heterocycles. The van der Waals surface area contributed by atoms with Crippen LogP contribution >= 0.6 is 11.3 Å². The predicted molar refractivity (Wildman–Crippen MR) is 299 cm³/mol. The molecular weight excluding hydrogens is 864 g/mol. The first-order valence-electron chi connectivity index (χ1n) is 26.9. The summed E-state index contributed by atoms with van der Waals surface area (Å²) in [5.41, 5.74) is 21.1. The van der Waals surface area contributed by atoms with Crippen molar-refractivity contribution in [3.05, 3.63) is 175 Å². The van der Waals surface area contributed by atoms with Gasteiger partial charge in [0.1, 0.15) is 0 Å². The van der Waals surface area contributed by atoms with Crippen LogP contribution in [0.25, 0.3) is 81.0 Å². The molecule has 0 atom stereocenters. The summed E-state index contributed by atoms with van der Waals surface area (Å²) in [5, 5.41) is 5.65. The van der Waals surface area contributed by atoms with Gasteiger partial charge in [-0.15, -0.1) is 11.3 Å². The van der Waals surface area contributed by atoms with E-state index in [0.29, 0.717) is 5.41 Å². The number of nitrogens with zero attached hydrogens (tertiary/aromatic N) is 2. The fourth-order valence-electron chi connectivity index (χ4n) is 16.1. The van der Waals surface area contributed by atoms with Crippen molar-refractivity contribution in [1.29, 1.82) is 0 Å². The van der Waals surface area contributed by atoms with E-state index in [1.54, 1.807) is 11.1 Å². The topological polar surface area (TPSA) is 8.17 Å². The van der Waals surface area contributed by atoms with E-state index in [0.717, 1.165) is 11.8 Å². The van der Waals surface area contributed by atoms with E-state index >= 15 is 0 Å². The molecule has 0 amide bonds. The van der Waals surface area contributed by atoms with Gasteiger partial charge >= 0.3 is 6.85 Å². The van der Waals surface area contributed by atoms with Gasteiger partial charge < -0.3 is 9.38 Å². The molecule has 6 aliphatic rings. The van der Waals surface area contributed by atoms with Crippen molar-refractivity contribution >= 4 is 82.5 Å². The highest BCUT2D eigenvalue weighted by Crippen LogP contribution is 2.55. The maximum atomic E-state index is 2.79. The second kappa shape index (κ2) is 15.1. The Morgan fingerprint density at radius 2 is 1.09 bits per heavy atom. The van der Waals surface area contributed by atoms with Gasteiger partial charge in [0.05, 0.1) is 11.0 Å². The SMILES string of the molecule is c1ccc(-c2ccc(N3B4c5c(cc(-c6ccccc6)cc5-n5c6ccc(C78CCCC(CCC7)C8)cc6c6cc(C78CCCC(CCC7)C8)cc4c65)-c4cc5sc6ccccc6c5cc43)cc2)cc1. The predicted octanol–water partition coefficient (Wildman–Crippen LogP) is 16.9. The minimum atomic E-state index is -0.0265. The van der Waals surface area contributed by atoms with E-state index in [2.05, 4.69) is 173 Å². The van der Waals surface area contributed by atoms with Crippen molar-refractivity contribution in [2.45, 2.75) is 101 Å². The lowest BCUT2D eigenvalue weighted by Gasteiger charge is -2.47. The van der Waals surface area contributed by atoms with Crippen molar-refractivity contribution in [1.82, 2.24) is 4.57 Å². The lowest BCUT2D eigenvalue weighted by molar-refractivity contribution is 0.149. The molecule has 4 aliphatic carbocycles. The van der Waals surface area contributed by atoms with Gasteiger partial charge in [0.25, 0.3) is 0 Å². The van der Waals surface area contributed by atoms with Crippen LogP contribution in [0.4, 0.5) is 11.4 Å². The van der Waals surface area contributed by atoms with E-state index < -0.39 is 0 Å². The van der Waals surface area contributed by atoms with E-state index in [1.807, 2.05) is 11.3 Å². The van der Waals surface area contributed by atoms with Crippen LogP contribution in [0.3, 0.4) is 0 Å². The monoisotopic (exact) mass is 920 g/mol. The molecule has 0 unspecified atom stereocenters. The zero-order valence-corrected chi connectivity index (χ0v) is 40.8. The third-order valence-electron chi connectivity index (χ3n) is 19.2. The lowest BCUT2D eigenvalue weighted by Crippen LogP contribution is -2.61. The summed E-state index contributed by atoms with van der Waals surface area (Å²) in [6.07, 6.45) is 19.1. The number of hydrogen-bond acceptors (Lipinski definition) is 2. The van der Waals surface area contributed by atoms with Crippen LogP contribution in [0.2, 0.25) is 0 Å². The fourth-order valence-corrected chi connectivity index (χ4v) is 17.2. The zero-order valence-electron chi connectivity index (χ0n) is 40.0. The first-order valence-corrected chi connectivity index (χ1v) is 27.7. The molecule has 4 bridgehead atoms. The average molecular weight is 921 g/mol. The van der Waals surface area contributed by atoms with Crippen molar-refractivity contribution < 1.29 is 0 Å². The molecule has 8 aromatic carbocycles. The second-order valence-corrected chi connectivity index (χ2v) is 23.9. The smallest absolute Gasteiger partial charge is 0.333 e. The molecule has 4 heteroatoms. The molecular formula is C66H57BN2S. The number of fused-ring (bicyclic) bond motifs is 14. The normalized spacial score (nSPS) is 23.3. The molecule has 0 N–H and O–H groups in total. The second-order valence-electron chi connectivity index (χ2n) is 22.8. The Labute approximate surface area is 416 Å². The van der Waals surface area contributed by atoms with Crippen molar-refractivity contribution in [3.8, 4) is 39.1 Å². The number of aromatic nitrogens is 1. The first-order chi connectivity index (χ1) is 34.6. The summed E-state index contributed by atoms with van der Waals surface area (Å²) in [5.74, 6) is 1.73. The van der Waals surface area contributed by atoms with Crippen LogP contribution in [0.5, 0.6) is 0 Å². The summed E-state index contributed by atoms with van der Waals surface area (Å²) in [6, 6.07) is 64.5. The average Bonchev–Trinajstić information content (AvgIpc) is 3.95. The quantitative estimate of drug-likeness (QED) is 0.156. The van der Waals surface area contributed by atoms with Gasteiger partial charge in [0.2, 0.25) is 0 Å². The Bertz CT molecular complexity index is 3750. The number of anilines is 2. The van der Waals surface area contributed by atoms with Crippen LogP contribution in [0.1, 0.15) is 101 Å². The standard InChI is InChI=1S/C66H57BN2S/c1-3-17-44(18-4-1)46-23-26-50(27-24-46)69-59-38-54-51-21-7-8-22-61(51)70-62(54)39-53(59)55-33-47(45-19-5-2-6-20-45)34-60-63(55)67(69)57-37-49(66-31-11-15-43(41-66)16-12-32-66)36-56-52-35-48(25-28-58(52)68(60)64(56)57)65-29-9-13-42(40-65)14-10-30-65/h1-8,17-28,33-39,42-43H,9-16,29-32,40-41H2. The third-order valence-corrected chi connectivity index (χ3v) is 20.3. The highest BCUT2D eigenvalue weighted by Gasteiger charge is 2.48. The summed E-state index contributed by atoms with van der Waals surface area (Å²) in [4.78, 5) is 2.79. The third kappa shape index (κ3) is 5.80. The Morgan fingerprint density at radius 1 is 0.457 bits per heavy atom. The molecule has 70 heavy (non-hydrogen) atoms. The van der Waals surface area contributed by atoms with Gasteiger partial charge in [0, 0.05) is 53.6 Å². The Kier molecular flexibility index (Phi) is 8.70. The molecule has 0 radical (unpaired) electrons. The minimum absolute atomic E-state index is 0.0265. The maximum absolute atomic E-state index is 2.79. The van der Waals surface area contributed by atoms with Crippen LogP contribution in [-0.2, 0) is 10.8 Å². The molecule has 2 aliphatic heterocycles. The maximum Gasteiger partial charge on any atom is 0.333 e. The summed E-state index contributed by atoms with van der Waals surface area (Å²) in [7, 11) is 0. The zero-order chi connectivity index (χ0) is 45.7. The molecule has 10 aromatic rings. The van der Waals surface area contributed by atoms with Gasteiger partial charge in [-0.05, 0) is 172 Å². The number of benzene rings is 8. The highest BCUT2D eigenvalue weighted by atomic mass is 32.1. The molecule has 2 aromatic heterocycles. The number of rotatable bonds is 5. The van der Waals surface area contributed by atoms with Crippen LogP contribution < -0.4 is 15.7 Å². The van der Waals surface area contributed by atoms with Gasteiger partial charge in [-0.25, -0.2) is 0 Å². The van der Waals surface area contributed by atoms with E-state index in [1.165, 1.54) is 193 Å². The summed E-state index contributed by atoms with van der Waals surface area (Å²) < 4.78 is 5.47. The largest absolute Gasteiger partial charge is 0.376 e. The van der Waals surface area contributed by atoms with Crippen LogP contribution in [0.15, 0.2) is 164 Å². The molecule has 2 nitrogen and oxygen atoms in total.